The van der Waals surface area contributed by atoms with Crippen LogP contribution in [0, 0.1) is 6.92 Å². The topological polar surface area (TPSA) is 63.2 Å². The molecule has 0 radical (unpaired) electrons. The second kappa shape index (κ2) is 3.46. The van der Waals surface area contributed by atoms with Gasteiger partial charge in [0.2, 0.25) is 5.91 Å². The molecule has 0 aromatic heterocycles. The third kappa shape index (κ3) is 1.51. The molecule has 1 N–H and O–H groups in total. The van der Waals surface area contributed by atoms with Crippen molar-refractivity contribution in [2.45, 2.75) is 24.0 Å². The fraction of sp³-hybridized carbons (Fsp3) is 0.300. The summed E-state index contributed by atoms with van der Waals surface area (Å²) in [5.74, 6) is -0.543. The molecule has 1 aliphatic rings. The smallest absolute Gasteiger partial charge is 0.242 e. The maximum absolute atomic E-state index is 12.0. The third-order valence-electron chi connectivity index (χ3n) is 2.59. The Hall–Kier alpha value is -1.07. The number of carbonyl (C=O) groups is 1. The van der Waals surface area contributed by atoms with Crippen LogP contribution in [0.1, 0.15) is 12.5 Å². The van der Waals surface area contributed by atoms with Gasteiger partial charge in [0.1, 0.15) is 5.25 Å². The average molecular weight is 260 g/mol. The summed E-state index contributed by atoms with van der Waals surface area (Å²) >= 11 is 5.91. The first kappa shape index (κ1) is 11.4. The fourth-order valence-electron chi connectivity index (χ4n) is 1.61. The highest BCUT2D eigenvalue weighted by atomic mass is 35.5. The monoisotopic (exact) mass is 259 g/mol. The molecule has 0 spiro atoms. The number of aryl methyl sites for hydroxylation is 1. The van der Waals surface area contributed by atoms with Gasteiger partial charge in [-0.3, -0.25) is 4.79 Å². The van der Waals surface area contributed by atoms with Gasteiger partial charge >= 0.3 is 0 Å². The SMILES string of the molecule is Cc1cc(Cl)c2c(c1)S(=O)(=O)C(C)C(=O)N2. The Morgan fingerprint density at radius 2 is 2.00 bits per heavy atom. The van der Waals surface area contributed by atoms with Gasteiger partial charge in [-0.25, -0.2) is 8.42 Å². The predicted molar refractivity (Wildman–Crippen MR) is 61.5 cm³/mol. The van der Waals surface area contributed by atoms with E-state index in [2.05, 4.69) is 5.32 Å². The zero-order chi connectivity index (χ0) is 12.1. The van der Waals surface area contributed by atoms with Crippen molar-refractivity contribution in [3.63, 3.8) is 0 Å². The van der Waals surface area contributed by atoms with Crippen LogP contribution >= 0.6 is 11.6 Å². The Kier molecular flexibility index (Phi) is 2.47. The lowest BCUT2D eigenvalue weighted by atomic mass is 10.2. The Morgan fingerprint density at radius 3 is 2.62 bits per heavy atom. The summed E-state index contributed by atoms with van der Waals surface area (Å²) in [5.41, 5.74) is 0.936. The van der Waals surface area contributed by atoms with Crippen molar-refractivity contribution >= 4 is 33.0 Å². The number of hydrogen-bond donors (Lipinski definition) is 1. The zero-order valence-corrected chi connectivity index (χ0v) is 10.3. The molecule has 0 aliphatic carbocycles. The molecule has 1 unspecified atom stereocenters. The van der Waals surface area contributed by atoms with Crippen LogP contribution in [-0.4, -0.2) is 19.6 Å². The number of hydrogen-bond acceptors (Lipinski definition) is 3. The molecular weight excluding hydrogens is 250 g/mol. The molecule has 1 atom stereocenters. The number of benzene rings is 1. The average Bonchev–Trinajstić information content (AvgIpc) is 2.18. The van der Waals surface area contributed by atoms with E-state index in [0.717, 1.165) is 5.56 Å². The van der Waals surface area contributed by atoms with E-state index < -0.39 is 21.0 Å². The van der Waals surface area contributed by atoms with Crippen molar-refractivity contribution in [2.75, 3.05) is 5.32 Å². The molecule has 1 aliphatic heterocycles. The van der Waals surface area contributed by atoms with Crippen LogP contribution in [0.2, 0.25) is 5.02 Å². The highest BCUT2D eigenvalue weighted by molar-refractivity contribution is 7.93. The number of rotatable bonds is 0. The largest absolute Gasteiger partial charge is 0.323 e. The number of sulfone groups is 1. The first-order valence-electron chi connectivity index (χ1n) is 4.69. The predicted octanol–water partition coefficient (Wildman–Crippen LogP) is 1.76. The standard InChI is InChI=1S/C10H10ClNO3S/c1-5-3-7(11)9-8(4-5)16(14,15)6(2)10(13)12-9/h3-4,6H,1-2H3,(H,12,13). The van der Waals surface area contributed by atoms with Gasteiger partial charge in [0.15, 0.2) is 9.84 Å². The van der Waals surface area contributed by atoms with E-state index in [0.29, 0.717) is 0 Å². The van der Waals surface area contributed by atoms with E-state index in [1.54, 1.807) is 13.0 Å². The summed E-state index contributed by atoms with van der Waals surface area (Å²) in [6, 6.07) is 3.14. The van der Waals surface area contributed by atoms with Crippen molar-refractivity contribution < 1.29 is 13.2 Å². The molecule has 0 bridgehead atoms. The molecule has 0 fully saturated rings. The normalized spacial score (nSPS) is 22.4. The minimum Gasteiger partial charge on any atom is -0.323 e. The molecule has 1 aromatic carbocycles. The highest BCUT2D eigenvalue weighted by Crippen LogP contribution is 2.36. The summed E-state index contributed by atoms with van der Waals surface area (Å²) in [6.07, 6.45) is 0. The summed E-state index contributed by atoms with van der Waals surface area (Å²) in [4.78, 5) is 11.6. The minimum absolute atomic E-state index is 0.101. The maximum Gasteiger partial charge on any atom is 0.242 e. The number of anilines is 1. The van der Waals surface area contributed by atoms with Crippen LogP contribution in [-0.2, 0) is 14.6 Å². The van der Waals surface area contributed by atoms with E-state index in [4.69, 9.17) is 11.6 Å². The van der Waals surface area contributed by atoms with E-state index in [1.807, 2.05) is 0 Å². The lowest BCUT2D eigenvalue weighted by Gasteiger charge is -2.23. The van der Waals surface area contributed by atoms with Gasteiger partial charge in [-0.15, -0.1) is 0 Å². The number of carbonyl (C=O) groups excluding carboxylic acids is 1. The van der Waals surface area contributed by atoms with Gasteiger partial charge in [-0.2, -0.15) is 0 Å². The Bertz CT molecular complexity index is 580. The molecule has 86 valence electrons. The Morgan fingerprint density at radius 1 is 1.38 bits per heavy atom. The molecule has 6 heteroatoms. The molecule has 0 saturated carbocycles. The summed E-state index contributed by atoms with van der Waals surface area (Å²) in [6.45, 7) is 3.12. The second-order valence-electron chi connectivity index (χ2n) is 3.80. The van der Waals surface area contributed by atoms with Crippen LogP contribution in [0.4, 0.5) is 5.69 Å². The first-order chi connectivity index (χ1) is 7.34. The molecule has 2 rings (SSSR count). The molecule has 4 nitrogen and oxygen atoms in total. The molecule has 1 amide bonds. The number of fused-ring (bicyclic) bond motifs is 1. The van der Waals surface area contributed by atoms with Crippen LogP contribution < -0.4 is 5.32 Å². The number of amides is 1. The van der Waals surface area contributed by atoms with Crippen LogP contribution in [0.3, 0.4) is 0 Å². The van der Waals surface area contributed by atoms with Crippen molar-refractivity contribution in [1.29, 1.82) is 0 Å². The third-order valence-corrected chi connectivity index (χ3v) is 4.97. The van der Waals surface area contributed by atoms with Crippen LogP contribution in [0.5, 0.6) is 0 Å². The summed E-state index contributed by atoms with van der Waals surface area (Å²) < 4.78 is 24.0. The van der Waals surface area contributed by atoms with Crippen molar-refractivity contribution in [3.05, 3.63) is 22.7 Å². The molecule has 1 heterocycles. The number of nitrogens with one attached hydrogen (secondary N) is 1. The van der Waals surface area contributed by atoms with E-state index >= 15 is 0 Å². The molecule has 0 saturated heterocycles. The number of halogens is 1. The highest BCUT2D eigenvalue weighted by Gasteiger charge is 2.37. The minimum atomic E-state index is -3.61. The maximum atomic E-state index is 12.0. The van der Waals surface area contributed by atoms with Gasteiger partial charge in [0.25, 0.3) is 0 Å². The Labute approximate surface area is 98.5 Å². The summed E-state index contributed by atoms with van der Waals surface area (Å²) in [7, 11) is -3.61. The van der Waals surface area contributed by atoms with Gasteiger partial charge in [-0.05, 0) is 31.5 Å². The van der Waals surface area contributed by atoms with E-state index in [9.17, 15) is 13.2 Å². The molecular formula is C10H10ClNO3S. The fourth-order valence-corrected chi connectivity index (χ4v) is 3.51. The lowest BCUT2D eigenvalue weighted by molar-refractivity contribution is -0.115. The Balaban J connectivity index is 2.81. The molecule has 16 heavy (non-hydrogen) atoms. The molecule has 1 aromatic rings. The second-order valence-corrected chi connectivity index (χ2v) is 6.44. The van der Waals surface area contributed by atoms with E-state index in [-0.39, 0.29) is 15.6 Å². The quantitative estimate of drug-likeness (QED) is 0.772. The summed E-state index contributed by atoms with van der Waals surface area (Å²) in [5, 5.41) is 1.69. The van der Waals surface area contributed by atoms with Gasteiger partial charge in [0, 0.05) is 0 Å². The van der Waals surface area contributed by atoms with Crippen LogP contribution in [0.15, 0.2) is 17.0 Å². The van der Waals surface area contributed by atoms with Crippen molar-refractivity contribution in [1.82, 2.24) is 0 Å². The van der Waals surface area contributed by atoms with Crippen molar-refractivity contribution in [2.24, 2.45) is 0 Å². The van der Waals surface area contributed by atoms with Crippen molar-refractivity contribution in [3.8, 4) is 0 Å². The van der Waals surface area contributed by atoms with Gasteiger partial charge in [-0.1, -0.05) is 11.6 Å². The van der Waals surface area contributed by atoms with Crippen LogP contribution in [0.25, 0.3) is 0 Å². The van der Waals surface area contributed by atoms with Gasteiger partial charge < -0.3 is 5.32 Å². The zero-order valence-electron chi connectivity index (χ0n) is 8.74. The van der Waals surface area contributed by atoms with Gasteiger partial charge in [0.05, 0.1) is 15.6 Å². The first-order valence-corrected chi connectivity index (χ1v) is 6.61. The van der Waals surface area contributed by atoms with E-state index in [1.165, 1.54) is 13.0 Å². The lowest BCUT2D eigenvalue weighted by Crippen LogP contribution is -2.37.